The predicted octanol–water partition coefficient (Wildman–Crippen LogP) is 4.12. The van der Waals surface area contributed by atoms with Crippen LogP contribution in [0.2, 0.25) is 0 Å². The van der Waals surface area contributed by atoms with Gasteiger partial charge in [0, 0.05) is 12.1 Å². The number of benzene rings is 2. The van der Waals surface area contributed by atoms with Gasteiger partial charge in [0.1, 0.15) is 28.7 Å². The quantitative estimate of drug-likeness (QED) is 0.469. The molecule has 0 amide bonds. The number of aromatic amines is 1. The highest BCUT2D eigenvalue weighted by atomic mass is 16.5. The van der Waals surface area contributed by atoms with Crippen molar-refractivity contribution in [3.8, 4) is 17.0 Å². The van der Waals surface area contributed by atoms with Crippen LogP contribution in [-0.2, 0) is 6.54 Å². The number of imidazole rings is 2. The molecule has 28 heavy (non-hydrogen) atoms. The molecular formula is C23H29N4O+. The van der Waals surface area contributed by atoms with Crippen molar-refractivity contribution in [2.24, 2.45) is 0 Å². The molecule has 0 unspecified atom stereocenters. The van der Waals surface area contributed by atoms with Crippen molar-refractivity contribution in [1.29, 1.82) is 0 Å². The van der Waals surface area contributed by atoms with E-state index in [9.17, 15) is 0 Å². The minimum absolute atomic E-state index is 0.882. The number of rotatable bonds is 8. The Morgan fingerprint density at radius 1 is 1.04 bits per heavy atom. The summed E-state index contributed by atoms with van der Waals surface area (Å²) in [6, 6.07) is 16.8. The number of aromatic nitrogens is 3. The van der Waals surface area contributed by atoms with E-state index in [1.54, 1.807) is 7.11 Å². The van der Waals surface area contributed by atoms with Gasteiger partial charge in [-0.15, -0.1) is 0 Å². The van der Waals surface area contributed by atoms with Gasteiger partial charge in [-0.05, 0) is 55.9 Å². The third-order valence-corrected chi connectivity index (χ3v) is 5.57. The van der Waals surface area contributed by atoms with Crippen LogP contribution in [-0.4, -0.2) is 41.2 Å². The van der Waals surface area contributed by atoms with Gasteiger partial charge < -0.3 is 9.64 Å². The molecule has 0 aliphatic rings. The molecule has 2 heterocycles. The lowest BCUT2D eigenvalue weighted by Crippen LogP contribution is -2.25. The smallest absolute Gasteiger partial charge is 0.368 e. The molecule has 0 saturated carbocycles. The summed E-state index contributed by atoms with van der Waals surface area (Å²) in [4.78, 5) is 6.09. The minimum Gasteiger partial charge on any atom is -0.497 e. The van der Waals surface area contributed by atoms with E-state index in [1.165, 1.54) is 16.8 Å². The maximum Gasteiger partial charge on any atom is 0.368 e. The van der Waals surface area contributed by atoms with E-state index in [1.807, 2.05) is 12.1 Å². The average molecular weight is 378 g/mol. The largest absolute Gasteiger partial charge is 0.497 e. The van der Waals surface area contributed by atoms with Gasteiger partial charge in [0.15, 0.2) is 0 Å². The Hall–Kier alpha value is -2.79. The molecule has 0 bridgehead atoms. The van der Waals surface area contributed by atoms with Crippen LogP contribution in [0.25, 0.3) is 28.1 Å². The zero-order valence-electron chi connectivity index (χ0n) is 17.0. The molecule has 1 N–H and O–H groups in total. The van der Waals surface area contributed by atoms with E-state index in [0.29, 0.717) is 0 Å². The second kappa shape index (κ2) is 8.07. The van der Waals surface area contributed by atoms with Gasteiger partial charge in [-0.2, -0.15) is 4.40 Å². The van der Waals surface area contributed by atoms with Crippen LogP contribution in [0.15, 0.2) is 54.7 Å². The van der Waals surface area contributed by atoms with E-state index < -0.39 is 0 Å². The molecule has 4 rings (SSSR count). The lowest BCUT2D eigenvalue weighted by molar-refractivity contribution is -0.479. The molecule has 146 valence electrons. The number of hydrogen-bond acceptors (Lipinski definition) is 2. The normalized spacial score (nSPS) is 11.7. The third kappa shape index (κ3) is 3.38. The summed E-state index contributed by atoms with van der Waals surface area (Å²) in [5, 5.41) is 0. The zero-order valence-corrected chi connectivity index (χ0v) is 17.0. The Morgan fingerprint density at radius 3 is 2.50 bits per heavy atom. The lowest BCUT2D eigenvalue weighted by atomic mass is 10.1. The molecule has 0 aliphatic carbocycles. The van der Waals surface area contributed by atoms with Crippen molar-refractivity contribution in [3.05, 3.63) is 54.7 Å². The highest BCUT2D eigenvalue weighted by molar-refractivity contribution is 5.74. The first-order valence-electron chi connectivity index (χ1n) is 10.1. The van der Waals surface area contributed by atoms with Crippen LogP contribution in [0.5, 0.6) is 5.75 Å². The SMILES string of the molecule is CCN(CC)CCCn1c(-c2ccc(OC)cc2)c[n+]2c3ccccc3[nH]c12. The van der Waals surface area contributed by atoms with Crippen molar-refractivity contribution >= 4 is 16.8 Å². The Morgan fingerprint density at radius 2 is 1.79 bits per heavy atom. The first kappa shape index (κ1) is 18.6. The highest BCUT2D eigenvalue weighted by Gasteiger charge is 2.22. The number of fused-ring (bicyclic) bond motifs is 3. The molecule has 4 aromatic rings. The molecule has 0 atom stereocenters. The van der Waals surface area contributed by atoms with Crippen molar-refractivity contribution in [2.45, 2.75) is 26.8 Å². The number of nitrogens with zero attached hydrogens (tertiary/aromatic N) is 3. The number of nitrogens with one attached hydrogen (secondary N) is 1. The first-order chi connectivity index (χ1) is 13.7. The number of aryl methyl sites for hydroxylation is 1. The molecule has 0 saturated heterocycles. The number of methoxy groups -OCH3 is 1. The van der Waals surface area contributed by atoms with Gasteiger partial charge in [0.2, 0.25) is 0 Å². The fourth-order valence-electron chi connectivity index (χ4n) is 3.93. The Kier molecular flexibility index (Phi) is 5.35. The minimum atomic E-state index is 0.882. The molecule has 0 spiro atoms. The molecule has 2 aromatic heterocycles. The summed E-state index contributed by atoms with van der Waals surface area (Å²) in [5.41, 5.74) is 4.79. The number of ether oxygens (including phenoxy) is 1. The number of H-pyrrole nitrogens is 1. The third-order valence-electron chi connectivity index (χ3n) is 5.57. The van der Waals surface area contributed by atoms with Gasteiger partial charge in [-0.3, -0.25) is 0 Å². The van der Waals surface area contributed by atoms with Crippen LogP contribution >= 0.6 is 0 Å². The average Bonchev–Trinajstić information content (AvgIpc) is 3.28. The van der Waals surface area contributed by atoms with Gasteiger partial charge >= 0.3 is 5.78 Å². The van der Waals surface area contributed by atoms with Crippen LogP contribution in [0.1, 0.15) is 20.3 Å². The lowest BCUT2D eigenvalue weighted by Gasteiger charge is -2.17. The van der Waals surface area contributed by atoms with Crippen molar-refractivity contribution in [1.82, 2.24) is 14.5 Å². The molecule has 0 fully saturated rings. The van der Waals surface area contributed by atoms with Crippen LogP contribution in [0, 0.1) is 0 Å². The highest BCUT2D eigenvalue weighted by Crippen LogP contribution is 2.25. The summed E-state index contributed by atoms with van der Waals surface area (Å²) >= 11 is 0. The summed E-state index contributed by atoms with van der Waals surface area (Å²) in [6.45, 7) is 8.75. The van der Waals surface area contributed by atoms with Crippen molar-refractivity contribution in [3.63, 3.8) is 0 Å². The summed E-state index contributed by atoms with van der Waals surface area (Å²) in [5.74, 6) is 2.01. The first-order valence-corrected chi connectivity index (χ1v) is 10.1. The standard InChI is InChI=1S/C23H28N4O/c1-4-25(5-2)15-8-16-26-22(18-11-13-19(28-3)14-12-18)17-27-21-10-7-6-9-20(21)24-23(26)27/h6-7,9-14,17H,4-5,8,15-16H2,1-3H3/p+1. The fraction of sp³-hybridized carbons (Fsp3) is 0.348. The van der Waals surface area contributed by atoms with E-state index in [2.05, 4.69) is 75.3 Å². The fourth-order valence-corrected chi connectivity index (χ4v) is 3.93. The van der Waals surface area contributed by atoms with E-state index in [4.69, 9.17) is 4.74 Å². The summed E-state index contributed by atoms with van der Waals surface area (Å²) < 4.78 is 10.0. The topological polar surface area (TPSA) is 37.3 Å². The summed E-state index contributed by atoms with van der Waals surface area (Å²) in [6.07, 6.45) is 3.36. The van der Waals surface area contributed by atoms with Crippen molar-refractivity contribution in [2.75, 3.05) is 26.7 Å². The van der Waals surface area contributed by atoms with Crippen LogP contribution < -0.4 is 9.14 Å². The maximum atomic E-state index is 5.33. The molecule has 2 aromatic carbocycles. The Balaban J connectivity index is 1.75. The summed E-state index contributed by atoms with van der Waals surface area (Å²) in [7, 11) is 1.70. The second-order valence-corrected chi connectivity index (χ2v) is 7.11. The van der Waals surface area contributed by atoms with Gasteiger partial charge in [-0.25, -0.2) is 9.55 Å². The zero-order chi connectivity index (χ0) is 19.5. The van der Waals surface area contributed by atoms with E-state index >= 15 is 0 Å². The van der Waals surface area contributed by atoms with E-state index in [0.717, 1.165) is 49.6 Å². The molecule has 0 aliphatic heterocycles. The van der Waals surface area contributed by atoms with E-state index in [-0.39, 0.29) is 0 Å². The molecule has 5 nitrogen and oxygen atoms in total. The van der Waals surface area contributed by atoms with Crippen LogP contribution in [0.3, 0.4) is 0 Å². The number of hydrogen-bond donors (Lipinski definition) is 1. The maximum absolute atomic E-state index is 5.33. The number of para-hydroxylation sites is 2. The molecular weight excluding hydrogens is 348 g/mol. The van der Waals surface area contributed by atoms with Gasteiger partial charge in [0.25, 0.3) is 0 Å². The second-order valence-electron chi connectivity index (χ2n) is 7.11. The van der Waals surface area contributed by atoms with Gasteiger partial charge in [-0.1, -0.05) is 26.0 Å². The molecule has 0 radical (unpaired) electrons. The predicted molar refractivity (Wildman–Crippen MR) is 114 cm³/mol. The van der Waals surface area contributed by atoms with Gasteiger partial charge in [0.05, 0.1) is 13.7 Å². The molecule has 5 heteroatoms. The Labute approximate surface area is 166 Å². The van der Waals surface area contributed by atoms with Crippen LogP contribution in [0.4, 0.5) is 0 Å². The monoisotopic (exact) mass is 377 g/mol. The van der Waals surface area contributed by atoms with Crippen molar-refractivity contribution < 1.29 is 9.14 Å². The Bertz CT molecular complexity index is 1060.